The van der Waals surface area contributed by atoms with Gasteiger partial charge in [-0.2, -0.15) is 0 Å². The quantitative estimate of drug-likeness (QED) is 0.508. The van der Waals surface area contributed by atoms with Crippen LogP contribution in [0.4, 0.5) is 0 Å². The van der Waals surface area contributed by atoms with Gasteiger partial charge in [-0.25, -0.2) is 0 Å². The molecule has 11 unspecified atom stereocenters. The maximum Gasteiger partial charge on any atom is 0.000935 e. The molecule has 0 aromatic carbocycles. The van der Waals surface area contributed by atoms with E-state index in [0.717, 1.165) is 53.3 Å². The third-order valence-corrected chi connectivity index (χ3v) is 12.2. The number of nitrogens with zero attached hydrogens (tertiary/aromatic N) is 1. The van der Waals surface area contributed by atoms with Gasteiger partial charge >= 0.3 is 0 Å². The molecule has 13 atom stereocenters. The first-order chi connectivity index (χ1) is 13.3. The van der Waals surface area contributed by atoms with Gasteiger partial charge in [-0.3, -0.25) is 0 Å². The Morgan fingerprint density at radius 1 is 0.821 bits per heavy atom. The predicted octanol–water partition coefficient (Wildman–Crippen LogP) is 6.45. The zero-order chi connectivity index (χ0) is 20.2. The SMILES string of the molecule is CCC1C(CC)C2C3CC3[C@@](C)(CC)[C@@]3(C)C4CC(N(C)[O-])C4C(C1CC)C23. The van der Waals surface area contributed by atoms with Gasteiger partial charge in [0.05, 0.1) is 0 Å². The Balaban J connectivity index is 1.68. The third-order valence-electron chi connectivity index (χ3n) is 12.2. The Bertz CT molecular complexity index is 632. The van der Waals surface area contributed by atoms with Crippen molar-refractivity contribution in [2.24, 2.45) is 70.0 Å². The van der Waals surface area contributed by atoms with Crippen molar-refractivity contribution < 1.29 is 0 Å². The van der Waals surface area contributed by atoms with Crippen molar-refractivity contribution in [2.45, 2.75) is 86.1 Å². The molecule has 0 radical (unpaired) electrons. The standard InChI is InChI=1S/C26H44NO/c1-8-14-15(9-2)21-17-12-18(17)25(5,11-4)26(6)19-13-20(27(7)28)23(19)22(24(21)26)16(14)10-3/h14-24H,8-13H2,1-7H3/q-1/t14?,15?,16?,17?,18?,19?,20?,21?,22?,23?,24?,25-,26+/m1/s1. The fraction of sp³-hybridized carbons (Fsp3) is 1.00. The molecule has 0 aromatic heterocycles. The first kappa shape index (κ1) is 19.9. The summed E-state index contributed by atoms with van der Waals surface area (Å²) in [5.41, 5.74) is 0.962. The Labute approximate surface area is 173 Å². The van der Waals surface area contributed by atoms with Crippen molar-refractivity contribution in [2.75, 3.05) is 7.05 Å². The van der Waals surface area contributed by atoms with Crippen LogP contribution in [0.2, 0.25) is 0 Å². The smallest absolute Gasteiger partial charge is 0.000935 e. The van der Waals surface area contributed by atoms with Crippen LogP contribution in [0.5, 0.6) is 0 Å². The van der Waals surface area contributed by atoms with Gasteiger partial charge in [0, 0.05) is 6.04 Å². The first-order valence-electron chi connectivity index (χ1n) is 12.7. The van der Waals surface area contributed by atoms with Gasteiger partial charge < -0.3 is 10.3 Å². The van der Waals surface area contributed by atoms with Crippen LogP contribution in [0.25, 0.3) is 0 Å². The molecule has 0 aromatic rings. The fourth-order valence-corrected chi connectivity index (χ4v) is 11.0. The van der Waals surface area contributed by atoms with E-state index in [0.29, 0.717) is 22.8 Å². The van der Waals surface area contributed by atoms with Gasteiger partial charge in [0.15, 0.2) is 0 Å². The van der Waals surface area contributed by atoms with Crippen LogP contribution in [0.3, 0.4) is 0 Å². The molecule has 0 bridgehead atoms. The maximum atomic E-state index is 12.5. The van der Waals surface area contributed by atoms with E-state index in [1.807, 2.05) is 7.05 Å². The van der Waals surface area contributed by atoms with Gasteiger partial charge in [0.2, 0.25) is 0 Å². The molecule has 0 heterocycles. The minimum Gasteiger partial charge on any atom is -0.785 e. The molecule has 28 heavy (non-hydrogen) atoms. The molecular formula is C26H44NO-. The topological polar surface area (TPSA) is 26.3 Å². The van der Waals surface area contributed by atoms with E-state index in [-0.39, 0.29) is 0 Å². The lowest BCUT2D eigenvalue weighted by atomic mass is 9.42. The van der Waals surface area contributed by atoms with E-state index in [9.17, 15) is 5.21 Å². The molecule has 5 saturated carbocycles. The minimum atomic E-state index is 0.306. The van der Waals surface area contributed by atoms with E-state index in [1.165, 1.54) is 43.6 Å². The molecule has 2 heteroatoms. The van der Waals surface area contributed by atoms with E-state index >= 15 is 0 Å². The van der Waals surface area contributed by atoms with E-state index in [4.69, 9.17) is 0 Å². The van der Waals surface area contributed by atoms with Gasteiger partial charge in [-0.1, -0.05) is 60.8 Å². The monoisotopic (exact) mass is 386 g/mol. The Hall–Kier alpha value is -0.0800. The van der Waals surface area contributed by atoms with Crippen molar-refractivity contribution in [3.63, 3.8) is 0 Å². The maximum absolute atomic E-state index is 12.5. The van der Waals surface area contributed by atoms with Crippen LogP contribution in [0.1, 0.15) is 80.1 Å². The van der Waals surface area contributed by atoms with Crippen molar-refractivity contribution in [1.29, 1.82) is 0 Å². The Morgan fingerprint density at radius 3 is 1.96 bits per heavy atom. The highest BCUT2D eigenvalue weighted by atomic mass is 16.5. The number of hydrogen-bond acceptors (Lipinski definition) is 2. The summed E-state index contributed by atoms with van der Waals surface area (Å²) < 4.78 is 0. The van der Waals surface area contributed by atoms with Crippen molar-refractivity contribution in [1.82, 2.24) is 5.06 Å². The van der Waals surface area contributed by atoms with Gasteiger partial charge in [0.1, 0.15) is 0 Å². The van der Waals surface area contributed by atoms with Gasteiger partial charge in [0.25, 0.3) is 0 Å². The summed E-state index contributed by atoms with van der Waals surface area (Å²) in [6, 6.07) is 0.306. The molecule has 160 valence electrons. The molecule has 0 N–H and O–H groups in total. The summed E-state index contributed by atoms with van der Waals surface area (Å²) >= 11 is 0. The summed E-state index contributed by atoms with van der Waals surface area (Å²) in [7, 11) is 1.81. The van der Waals surface area contributed by atoms with E-state index < -0.39 is 0 Å². The Kier molecular flexibility index (Phi) is 4.41. The molecule has 5 aliphatic rings. The van der Waals surface area contributed by atoms with E-state index in [2.05, 4.69) is 41.5 Å². The highest BCUT2D eigenvalue weighted by molar-refractivity contribution is 5.28. The average Bonchev–Trinajstić information content (AvgIpc) is 3.41. The van der Waals surface area contributed by atoms with Gasteiger partial charge in [-0.15, -0.1) is 0 Å². The van der Waals surface area contributed by atoms with Crippen LogP contribution in [0.15, 0.2) is 0 Å². The summed E-state index contributed by atoms with van der Waals surface area (Å²) in [5, 5.41) is 13.9. The lowest BCUT2D eigenvalue weighted by Gasteiger charge is -2.63. The first-order valence-corrected chi connectivity index (χ1v) is 12.7. The zero-order valence-corrected chi connectivity index (χ0v) is 19.4. The molecule has 2 nitrogen and oxygen atoms in total. The number of hydroxylamine groups is 2. The highest BCUT2D eigenvalue weighted by Gasteiger charge is 2.80. The molecule has 5 fully saturated rings. The molecule has 0 amide bonds. The summed E-state index contributed by atoms with van der Waals surface area (Å²) in [4.78, 5) is 0. The zero-order valence-electron chi connectivity index (χ0n) is 19.4. The second kappa shape index (κ2) is 6.22. The van der Waals surface area contributed by atoms with Crippen molar-refractivity contribution in [3.05, 3.63) is 5.21 Å². The lowest BCUT2D eigenvalue weighted by Crippen LogP contribution is -2.58. The number of rotatable bonds is 5. The Morgan fingerprint density at radius 2 is 1.43 bits per heavy atom. The molecule has 0 spiro atoms. The van der Waals surface area contributed by atoms with Crippen LogP contribution >= 0.6 is 0 Å². The summed E-state index contributed by atoms with van der Waals surface area (Å²) in [6.45, 7) is 15.3. The fourth-order valence-electron chi connectivity index (χ4n) is 11.0. The normalized spacial score (nSPS) is 61.4. The summed E-state index contributed by atoms with van der Waals surface area (Å²) in [5.74, 6) is 8.81. The molecule has 0 aliphatic heterocycles. The van der Waals surface area contributed by atoms with Crippen molar-refractivity contribution >= 4 is 0 Å². The average molecular weight is 387 g/mol. The van der Waals surface area contributed by atoms with Crippen LogP contribution < -0.4 is 0 Å². The van der Waals surface area contributed by atoms with E-state index in [1.54, 1.807) is 0 Å². The number of hydrogen-bond donors (Lipinski definition) is 0. The second-order valence-electron chi connectivity index (χ2n) is 12.0. The molecule has 5 rings (SSSR count). The number of fused-ring (bicyclic) bond motifs is 5. The minimum absolute atomic E-state index is 0.306. The van der Waals surface area contributed by atoms with Gasteiger partial charge in [-0.05, 0) is 96.3 Å². The van der Waals surface area contributed by atoms with Crippen LogP contribution in [-0.4, -0.2) is 18.2 Å². The molecule has 0 saturated heterocycles. The highest BCUT2D eigenvalue weighted by Crippen LogP contribution is 2.84. The molecule has 5 aliphatic carbocycles. The molecular weight excluding hydrogens is 342 g/mol. The summed E-state index contributed by atoms with van der Waals surface area (Å²) in [6.07, 6.45) is 8.09. The largest absolute Gasteiger partial charge is 0.785 e. The second-order valence-corrected chi connectivity index (χ2v) is 12.0. The van der Waals surface area contributed by atoms with Crippen molar-refractivity contribution in [3.8, 4) is 0 Å². The van der Waals surface area contributed by atoms with Crippen LogP contribution in [-0.2, 0) is 0 Å². The third kappa shape index (κ3) is 1.99. The predicted molar refractivity (Wildman–Crippen MR) is 116 cm³/mol. The lowest BCUT2D eigenvalue weighted by molar-refractivity contribution is -0.153. The van der Waals surface area contributed by atoms with Crippen LogP contribution in [0, 0.1) is 75.2 Å².